The van der Waals surface area contributed by atoms with Crippen molar-refractivity contribution in [3.8, 4) is 0 Å². The minimum absolute atomic E-state index is 0.328. The molecular formula is C6H10F5NO. The maximum Gasteiger partial charge on any atom is 0.455 e. The number of rotatable bonds is 4. The van der Waals surface area contributed by atoms with E-state index in [9.17, 15) is 22.0 Å². The SMILES string of the molecule is CC(N)COCC(F)(F)C(F)(F)F. The van der Waals surface area contributed by atoms with Crippen LogP contribution in [0.15, 0.2) is 0 Å². The zero-order valence-corrected chi connectivity index (χ0v) is 6.87. The summed E-state index contributed by atoms with van der Waals surface area (Å²) in [4.78, 5) is 0. The second kappa shape index (κ2) is 4.19. The molecule has 0 saturated carbocycles. The van der Waals surface area contributed by atoms with Crippen molar-refractivity contribution < 1.29 is 26.7 Å². The summed E-state index contributed by atoms with van der Waals surface area (Å²) >= 11 is 0. The molecule has 0 aliphatic carbocycles. The summed E-state index contributed by atoms with van der Waals surface area (Å²) < 4.78 is 62.8. The third kappa shape index (κ3) is 4.37. The van der Waals surface area contributed by atoms with Gasteiger partial charge in [0.05, 0.1) is 6.61 Å². The molecule has 0 spiro atoms. The molecule has 0 aliphatic rings. The second-order valence-corrected chi connectivity index (χ2v) is 2.69. The van der Waals surface area contributed by atoms with E-state index in [0.29, 0.717) is 0 Å². The van der Waals surface area contributed by atoms with Crippen LogP contribution in [0.3, 0.4) is 0 Å². The Kier molecular flexibility index (Phi) is 4.05. The molecule has 1 atom stereocenters. The molecular weight excluding hydrogens is 197 g/mol. The van der Waals surface area contributed by atoms with E-state index in [-0.39, 0.29) is 6.61 Å². The Morgan fingerprint density at radius 3 is 2.00 bits per heavy atom. The lowest BCUT2D eigenvalue weighted by atomic mass is 10.3. The van der Waals surface area contributed by atoms with Gasteiger partial charge in [-0.1, -0.05) is 0 Å². The summed E-state index contributed by atoms with van der Waals surface area (Å²) in [5.74, 6) is -4.80. The zero-order chi connectivity index (χ0) is 10.7. The fourth-order valence-corrected chi connectivity index (χ4v) is 0.455. The van der Waals surface area contributed by atoms with Gasteiger partial charge in [0.25, 0.3) is 0 Å². The van der Waals surface area contributed by atoms with Crippen molar-refractivity contribution in [1.82, 2.24) is 0 Å². The molecule has 0 fully saturated rings. The first-order valence-corrected chi connectivity index (χ1v) is 3.44. The van der Waals surface area contributed by atoms with E-state index in [1.165, 1.54) is 6.92 Å². The smallest absolute Gasteiger partial charge is 0.373 e. The first-order chi connectivity index (χ1) is 5.67. The lowest BCUT2D eigenvalue weighted by Gasteiger charge is -2.19. The van der Waals surface area contributed by atoms with Gasteiger partial charge >= 0.3 is 12.1 Å². The van der Waals surface area contributed by atoms with Gasteiger partial charge in [-0.3, -0.25) is 0 Å². The Hall–Kier alpha value is -0.430. The summed E-state index contributed by atoms with van der Waals surface area (Å²) in [5.41, 5.74) is 5.08. The van der Waals surface area contributed by atoms with Crippen LogP contribution < -0.4 is 5.73 Å². The van der Waals surface area contributed by atoms with Gasteiger partial charge in [0, 0.05) is 6.04 Å². The van der Waals surface area contributed by atoms with Crippen LogP contribution in [0, 0.1) is 0 Å². The van der Waals surface area contributed by atoms with E-state index in [1.807, 2.05) is 0 Å². The minimum Gasteiger partial charge on any atom is -0.373 e. The van der Waals surface area contributed by atoms with Crippen molar-refractivity contribution in [2.24, 2.45) is 5.73 Å². The van der Waals surface area contributed by atoms with Gasteiger partial charge < -0.3 is 10.5 Å². The van der Waals surface area contributed by atoms with Gasteiger partial charge in [-0.25, -0.2) is 0 Å². The van der Waals surface area contributed by atoms with Crippen LogP contribution in [0.4, 0.5) is 22.0 Å². The van der Waals surface area contributed by atoms with Gasteiger partial charge in [0.1, 0.15) is 6.61 Å². The Labute approximate surface area is 71.8 Å². The number of nitrogens with two attached hydrogens (primary N) is 1. The summed E-state index contributed by atoms with van der Waals surface area (Å²) in [6, 6.07) is -0.566. The number of halogens is 5. The molecule has 13 heavy (non-hydrogen) atoms. The summed E-state index contributed by atoms with van der Waals surface area (Å²) in [7, 11) is 0. The third-order valence-corrected chi connectivity index (χ3v) is 1.08. The first kappa shape index (κ1) is 12.6. The molecule has 0 radical (unpaired) electrons. The van der Waals surface area contributed by atoms with E-state index < -0.39 is 24.7 Å². The average Bonchev–Trinajstić information content (AvgIpc) is 1.82. The molecule has 0 aromatic heterocycles. The summed E-state index contributed by atoms with van der Waals surface area (Å²) in [5, 5.41) is 0. The molecule has 7 heteroatoms. The predicted octanol–water partition coefficient (Wildman–Crippen LogP) is 1.55. The highest BCUT2D eigenvalue weighted by atomic mass is 19.4. The second-order valence-electron chi connectivity index (χ2n) is 2.69. The molecule has 0 heterocycles. The normalized spacial score (nSPS) is 15.9. The minimum atomic E-state index is -5.56. The number of hydrogen-bond donors (Lipinski definition) is 1. The Morgan fingerprint density at radius 1 is 1.23 bits per heavy atom. The van der Waals surface area contributed by atoms with Crippen molar-refractivity contribution in [3.63, 3.8) is 0 Å². The Bertz CT molecular complexity index is 156. The monoisotopic (exact) mass is 207 g/mol. The topological polar surface area (TPSA) is 35.2 Å². The largest absolute Gasteiger partial charge is 0.455 e. The third-order valence-electron chi connectivity index (χ3n) is 1.08. The van der Waals surface area contributed by atoms with E-state index in [0.717, 1.165) is 0 Å². The van der Waals surface area contributed by atoms with Crippen LogP contribution in [-0.4, -0.2) is 31.4 Å². The van der Waals surface area contributed by atoms with E-state index in [1.54, 1.807) is 0 Å². The van der Waals surface area contributed by atoms with E-state index in [4.69, 9.17) is 5.73 Å². The maximum atomic E-state index is 12.1. The summed E-state index contributed by atoms with van der Waals surface area (Å²) in [6.07, 6.45) is -5.56. The van der Waals surface area contributed by atoms with Gasteiger partial charge in [0.15, 0.2) is 0 Å². The first-order valence-electron chi connectivity index (χ1n) is 3.44. The molecule has 0 rings (SSSR count). The van der Waals surface area contributed by atoms with Crippen LogP contribution in [0.1, 0.15) is 6.92 Å². The highest BCUT2D eigenvalue weighted by molar-refractivity contribution is 4.75. The zero-order valence-electron chi connectivity index (χ0n) is 6.87. The molecule has 80 valence electrons. The molecule has 0 aromatic rings. The predicted molar refractivity (Wildman–Crippen MR) is 35.5 cm³/mol. The van der Waals surface area contributed by atoms with Gasteiger partial charge in [-0.05, 0) is 6.92 Å². The standard InChI is InChI=1S/C6H10F5NO/c1-4(12)2-13-3-5(7,8)6(9,10)11/h4H,2-3,12H2,1H3. The Morgan fingerprint density at radius 2 is 1.69 bits per heavy atom. The fraction of sp³-hybridized carbons (Fsp3) is 1.00. The highest BCUT2D eigenvalue weighted by Crippen LogP contribution is 2.35. The van der Waals surface area contributed by atoms with Crippen molar-refractivity contribution in [2.75, 3.05) is 13.2 Å². The van der Waals surface area contributed by atoms with Crippen LogP contribution in [0.2, 0.25) is 0 Å². The lowest BCUT2D eigenvalue weighted by molar-refractivity contribution is -0.296. The molecule has 1 unspecified atom stereocenters. The maximum absolute atomic E-state index is 12.1. The molecule has 0 bridgehead atoms. The Balaban J connectivity index is 3.90. The molecule has 0 aliphatic heterocycles. The quantitative estimate of drug-likeness (QED) is 0.710. The number of hydrogen-bond acceptors (Lipinski definition) is 2. The van der Waals surface area contributed by atoms with E-state index in [2.05, 4.69) is 4.74 Å². The van der Waals surface area contributed by atoms with Crippen LogP contribution in [0.5, 0.6) is 0 Å². The van der Waals surface area contributed by atoms with Crippen molar-refractivity contribution in [1.29, 1.82) is 0 Å². The van der Waals surface area contributed by atoms with Crippen molar-refractivity contribution >= 4 is 0 Å². The molecule has 2 N–H and O–H groups in total. The van der Waals surface area contributed by atoms with Gasteiger partial charge in [-0.15, -0.1) is 0 Å². The van der Waals surface area contributed by atoms with Crippen LogP contribution in [-0.2, 0) is 4.74 Å². The van der Waals surface area contributed by atoms with Crippen LogP contribution >= 0.6 is 0 Å². The van der Waals surface area contributed by atoms with E-state index >= 15 is 0 Å². The lowest BCUT2D eigenvalue weighted by Crippen LogP contribution is -2.41. The average molecular weight is 207 g/mol. The van der Waals surface area contributed by atoms with Crippen molar-refractivity contribution in [2.45, 2.75) is 25.1 Å². The van der Waals surface area contributed by atoms with Crippen LogP contribution in [0.25, 0.3) is 0 Å². The van der Waals surface area contributed by atoms with Gasteiger partial charge in [0.2, 0.25) is 0 Å². The molecule has 0 saturated heterocycles. The summed E-state index contributed by atoms with van der Waals surface area (Å²) in [6.45, 7) is -0.574. The number of ether oxygens (including phenoxy) is 1. The highest BCUT2D eigenvalue weighted by Gasteiger charge is 2.57. The van der Waals surface area contributed by atoms with Crippen molar-refractivity contribution in [3.05, 3.63) is 0 Å². The molecule has 0 aromatic carbocycles. The number of alkyl halides is 5. The molecule has 0 amide bonds. The van der Waals surface area contributed by atoms with Gasteiger partial charge in [-0.2, -0.15) is 22.0 Å². The fourth-order valence-electron chi connectivity index (χ4n) is 0.455. The molecule has 2 nitrogen and oxygen atoms in total.